The number of nitrogens with zero attached hydrogens (tertiary/aromatic N) is 1. The van der Waals surface area contributed by atoms with E-state index in [-0.39, 0.29) is 5.25 Å². The van der Waals surface area contributed by atoms with Crippen molar-refractivity contribution in [2.45, 2.75) is 25.0 Å². The number of aromatic amines is 1. The summed E-state index contributed by atoms with van der Waals surface area (Å²) >= 11 is 4.37. The van der Waals surface area contributed by atoms with Crippen LogP contribution in [0.4, 0.5) is 0 Å². The van der Waals surface area contributed by atoms with E-state index in [0.717, 1.165) is 18.7 Å². The van der Waals surface area contributed by atoms with Gasteiger partial charge in [0.15, 0.2) is 0 Å². The van der Waals surface area contributed by atoms with E-state index < -0.39 is 0 Å². The third kappa shape index (κ3) is 1.77. The number of aromatic nitrogens is 2. The molecule has 0 spiro atoms. The average Bonchev–Trinajstić information content (AvgIpc) is 2.38. The van der Waals surface area contributed by atoms with Gasteiger partial charge in [-0.1, -0.05) is 13.3 Å². The fourth-order valence-electron chi connectivity index (χ4n) is 0.870. The zero-order chi connectivity index (χ0) is 7.40. The van der Waals surface area contributed by atoms with E-state index in [9.17, 15) is 0 Å². The monoisotopic (exact) mass is 156 g/mol. The molecule has 0 saturated carbocycles. The molecule has 0 aliphatic heterocycles. The van der Waals surface area contributed by atoms with Crippen LogP contribution < -0.4 is 0 Å². The van der Waals surface area contributed by atoms with E-state index >= 15 is 0 Å². The summed E-state index contributed by atoms with van der Waals surface area (Å²) in [5.74, 6) is 0.977. The molecule has 1 N–H and O–H groups in total. The molecule has 0 fully saturated rings. The first-order valence-electron chi connectivity index (χ1n) is 3.52. The van der Waals surface area contributed by atoms with E-state index in [4.69, 9.17) is 0 Å². The summed E-state index contributed by atoms with van der Waals surface area (Å²) in [6.45, 7) is 2.14. The first kappa shape index (κ1) is 7.66. The third-order valence-corrected chi connectivity index (χ3v) is 1.90. The van der Waals surface area contributed by atoms with E-state index in [1.807, 2.05) is 6.20 Å². The Hall–Kier alpha value is -0.440. The van der Waals surface area contributed by atoms with Crippen molar-refractivity contribution in [1.82, 2.24) is 9.97 Å². The Bertz CT molecular complexity index is 172. The fraction of sp³-hybridized carbons (Fsp3) is 0.571. The predicted molar refractivity (Wildman–Crippen MR) is 45.2 cm³/mol. The van der Waals surface area contributed by atoms with E-state index in [2.05, 4.69) is 29.5 Å². The minimum atomic E-state index is 0.278. The van der Waals surface area contributed by atoms with Gasteiger partial charge in [0, 0.05) is 12.4 Å². The summed E-state index contributed by atoms with van der Waals surface area (Å²) in [5.41, 5.74) is 0. The summed E-state index contributed by atoms with van der Waals surface area (Å²) < 4.78 is 0. The Morgan fingerprint density at radius 1 is 1.80 bits per heavy atom. The van der Waals surface area contributed by atoms with Crippen molar-refractivity contribution in [2.75, 3.05) is 0 Å². The molecule has 3 heteroatoms. The zero-order valence-electron chi connectivity index (χ0n) is 6.04. The van der Waals surface area contributed by atoms with Gasteiger partial charge in [-0.25, -0.2) is 4.98 Å². The van der Waals surface area contributed by atoms with Gasteiger partial charge in [-0.15, -0.1) is 0 Å². The maximum absolute atomic E-state index is 4.37. The minimum Gasteiger partial charge on any atom is -0.348 e. The molecular formula is C7H12N2S. The van der Waals surface area contributed by atoms with Gasteiger partial charge in [0.25, 0.3) is 0 Å². The van der Waals surface area contributed by atoms with Crippen LogP contribution in [0.15, 0.2) is 12.4 Å². The highest BCUT2D eigenvalue weighted by molar-refractivity contribution is 7.80. The van der Waals surface area contributed by atoms with E-state index in [1.54, 1.807) is 6.20 Å². The first-order valence-corrected chi connectivity index (χ1v) is 4.03. The Labute approximate surface area is 66.5 Å². The van der Waals surface area contributed by atoms with Gasteiger partial charge in [0.1, 0.15) is 5.82 Å². The maximum Gasteiger partial charge on any atom is 0.118 e. The Balaban J connectivity index is 2.50. The number of hydrogen-bond donors (Lipinski definition) is 2. The van der Waals surface area contributed by atoms with Crippen LogP contribution in [0.5, 0.6) is 0 Å². The van der Waals surface area contributed by atoms with Crippen molar-refractivity contribution in [3.05, 3.63) is 18.2 Å². The molecule has 0 aliphatic rings. The van der Waals surface area contributed by atoms with Crippen molar-refractivity contribution in [1.29, 1.82) is 0 Å². The van der Waals surface area contributed by atoms with Crippen LogP contribution in [0.25, 0.3) is 0 Å². The van der Waals surface area contributed by atoms with Crippen LogP contribution in [0.2, 0.25) is 0 Å². The first-order chi connectivity index (χ1) is 4.84. The smallest absolute Gasteiger partial charge is 0.118 e. The number of thiol groups is 1. The van der Waals surface area contributed by atoms with Gasteiger partial charge in [-0.05, 0) is 6.42 Å². The molecule has 0 amide bonds. The molecule has 1 unspecified atom stereocenters. The largest absolute Gasteiger partial charge is 0.348 e. The van der Waals surface area contributed by atoms with Crippen LogP contribution >= 0.6 is 12.6 Å². The molecule has 1 aromatic rings. The summed E-state index contributed by atoms with van der Waals surface area (Å²) in [5, 5.41) is 0.278. The van der Waals surface area contributed by atoms with Crippen molar-refractivity contribution >= 4 is 12.6 Å². The summed E-state index contributed by atoms with van der Waals surface area (Å²) in [6, 6.07) is 0. The third-order valence-electron chi connectivity index (χ3n) is 1.40. The number of hydrogen-bond acceptors (Lipinski definition) is 2. The molecule has 2 nitrogen and oxygen atoms in total. The van der Waals surface area contributed by atoms with Gasteiger partial charge in [0.05, 0.1) is 5.25 Å². The number of imidazole rings is 1. The Morgan fingerprint density at radius 3 is 3.10 bits per heavy atom. The molecule has 56 valence electrons. The molecular weight excluding hydrogens is 144 g/mol. The second-order valence-electron chi connectivity index (χ2n) is 2.28. The van der Waals surface area contributed by atoms with Gasteiger partial charge in [-0.2, -0.15) is 12.6 Å². The Kier molecular flexibility index (Phi) is 2.81. The lowest BCUT2D eigenvalue weighted by atomic mass is 10.2. The van der Waals surface area contributed by atoms with Gasteiger partial charge < -0.3 is 4.98 Å². The molecule has 0 saturated heterocycles. The van der Waals surface area contributed by atoms with Crippen molar-refractivity contribution < 1.29 is 0 Å². The maximum atomic E-state index is 4.37. The van der Waals surface area contributed by atoms with Crippen LogP contribution in [0, 0.1) is 0 Å². The fourth-order valence-corrected chi connectivity index (χ4v) is 1.27. The predicted octanol–water partition coefficient (Wildman–Crippen LogP) is 2.18. The summed E-state index contributed by atoms with van der Waals surface area (Å²) in [6.07, 6.45) is 5.81. The topological polar surface area (TPSA) is 28.7 Å². The molecule has 1 heterocycles. The van der Waals surface area contributed by atoms with Crippen LogP contribution in [0.1, 0.15) is 30.8 Å². The molecule has 0 aromatic carbocycles. The lowest BCUT2D eigenvalue weighted by Gasteiger charge is -2.03. The average molecular weight is 156 g/mol. The quantitative estimate of drug-likeness (QED) is 0.645. The van der Waals surface area contributed by atoms with Crippen molar-refractivity contribution in [2.24, 2.45) is 0 Å². The highest BCUT2D eigenvalue weighted by atomic mass is 32.1. The highest BCUT2D eigenvalue weighted by Crippen LogP contribution is 2.20. The molecule has 0 radical (unpaired) electrons. The number of nitrogens with one attached hydrogen (secondary N) is 1. The lowest BCUT2D eigenvalue weighted by molar-refractivity contribution is 0.750. The van der Waals surface area contributed by atoms with Crippen LogP contribution in [-0.2, 0) is 0 Å². The summed E-state index contributed by atoms with van der Waals surface area (Å²) in [4.78, 5) is 7.14. The Morgan fingerprint density at radius 2 is 2.60 bits per heavy atom. The minimum absolute atomic E-state index is 0.278. The SMILES string of the molecule is CCCC(S)c1ncc[nH]1. The van der Waals surface area contributed by atoms with E-state index in [1.165, 1.54) is 0 Å². The van der Waals surface area contributed by atoms with Crippen molar-refractivity contribution in [3.63, 3.8) is 0 Å². The van der Waals surface area contributed by atoms with Gasteiger partial charge in [-0.3, -0.25) is 0 Å². The molecule has 1 rings (SSSR count). The number of H-pyrrole nitrogens is 1. The second kappa shape index (κ2) is 3.66. The number of rotatable bonds is 3. The lowest BCUT2D eigenvalue weighted by Crippen LogP contribution is -1.91. The molecule has 1 aromatic heterocycles. The molecule has 10 heavy (non-hydrogen) atoms. The standard InChI is InChI=1S/C7H12N2S/c1-2-3-6(10)7-8-4-5-9-7/h4-6,10H,2-3H2,1H3,(H,8,9). The zero-order valence-corrected chi connectivity index (χ0v) is 6.94. The van der Waals surface area contributed by atoms with Gasteiger partial charge >= 0.3 is 0 Å². The van der Waals surface area contributed by atoms with Gasteiger partial charge in [0.2, 0.25) is 0 Å². The van der Waals surface area contributed by atoms with Crippen LogP contribution in [-0.4, -0.2) is 9.97 Å². The second-order valence-corrected chi connectivity index (χ2v) is 2.90. The molecule has 1 atom stereocenters. The molecule has 0 bridgehead atoms. The normalized spacial score (nSPS) is 13.4. The van der Waals surface area contributed by atoms with Crippen LogP contribution in [0.3, 0.4) is 0 Å². The van der Waals surface area contributed by atoms with E-state index in [0.29, 0.717) is 0 Å². The molecule has 0 aliphatic carbocycles. The summed E-state index contributed by atoms with van der Waals surface area (Å²) in [7, 11) is 0. The van der Waals surface area contributed by atoms with Crippen molar-refractivity contribution in [3.8, 4) is 0 Å². The highest BCUT2D eigenvalue weighted by Gasteiger charge is 2.05.